The molecule has 0 unspecified atom stereocenters. The number of hydrogen-bond acceptors (Lipinski definition) is 8. The largest absolute Gasteiger partial charge is 0.494 e. The number of benzene rings is 2. The van der Waals surface area contributed by atoms with Gasteiger partial charge in [0.05, 0.1) is 6.61 Å². The molecule has 0 heterocycles. The van der Waals surface area contributed by atoms with Crippen LogP contribution in [0, 0.1) is 5.41 Å². The summed E-state index contributed by atoms with van der Waals surface area (Å²) in [5.74, 6) is -4.62. The predicted octanol–water partition coefficient (Wildman–Crippen LogP) is 2.56. The van der Waals surface area contributed by atoms with E-state index in [9.17, 15) is 32.3 Å². The van der Waals surface area contributed by atoms with Gasteiger partial charge in [0, 0.05) is 18.5 Å². The summed E-state index contributed by atoms with van der Waals surface area (Å²) in [6, 6.07) is 13.8. The van der Waals surface area contributed by atoms with Crippen LogP contribution in [0.1, 0.15) is 30.4 Å². The van der Waals surface area contributed by atoms with Crippen LogP contribution in [0.5, 0.6) is 5.75 Å². The monoisotopic (exact) mass is 552 g/mol. The van der Waals surface area contributed by atoms with Gasteiger partial charge in [-0.15, -0.1) is 0 Å². The average Bonchev–Trinajstić information content (AvgIpc) is 2.89. The zero-order valence-corrected chi connectivity index (χ0v) is 20.6. The van der Waals surface area contributed by atoms with E-state index in [2.05, 4.69) is 15.4 Å². The molecular weight excluding hydrogens is 525 g/mol. The molecule has 5 N–H and O–H groups in total. The number of amidine groups is 1. The molecular formula is C25H27F3N4O7. The van der Waals surface area contributed by atoms with Crippen LogP contribution >= 0.6 is 0 Å². The van der Waals surface area contributed by atoms with Gasteiger partial charge in [-0.25, -0.2) is 9.59 Å². The molecule has 2 aromatic rings. The first-order valence-corrected chi connectivity index (χ1v) is 11.6. The SMILES string of the molecule is N=C(N)c1cccc(OCCCNC(=O)[C@H](CCC(=O)OC(=O)C(F)(F)F)NC(=O)OCc2ccccc2)c1. The number of nitrogen functional groups attached to an aromatic ring is 1. The first-order valence-electron chi connectivity index (χ1n) is 11.6. The van der Waals surface area contributed by atoms with Crippen LogP contribution in [0.25, 0.3) is 0 Å². The number of alkyl halides is 3. The molecule has 2 amide bonds. The van der Waals surface area contributed by atoms with Crippen molar-refractivity contribution in [3.05, 3.63) is 65.7 Å². The Balaban J connectivity index is 1.88. The molecule has 0 aliphatic carbocycles. The fraction of sp³-hybridized carbons (Fsp3) is 0.320. The fourth-order valence-corrected chi connectivity index (χ4v) is 3.00. The number of carbonyl (C=O) groups is 4. The van der Waals surface area contributed by atoms with Gasteiger partial charge in [-0.1, -0.05) is 42.5 Å². The molecule has 0 radical (unpaired) electrons. The zero-order valence-electron chi connectivity index (χ0n) is 20.6. The van der Waals surface area contributed by atoms with Gasteiger partial charge in [0.2, 0.25) is 5.91 Å². The lowest BCUT2D eigenvalue weighted by Gasteiger charge is -2.18. The van der Waals surface area contributed by atoms with E-state index in [0.717, 1.165) is 0 Å². The molecule has 1 atom stereocenters. The molecule has 0 fully saturated rings. The maximum atomic E-state index is 12.6. The summed E-state index contributed by atoms with van der Waals surface area (Å²) in [5.41, 5.74) is 6.58. The van der Waals surface area contributed by atoms with Crippen LogP contribution in [0.3, 0.4) is 0 Å². The molecule has 2 aromatic carbocycles. The van der Waals surface area contributed by atoms with Crippen molar-refractivity contribution < 1.29 is 46.6 Å². The van der Waals surface area contributed by atoms with E-state index in [1.165, 1.54) is 0 Å². The van der Waals surface area contributed by atoms with Crippen LogP contribution in [0.4, 0.5) is 18.0 Å². The Labute approximate surface area is 221 Å². The van der Waals surface area contributed by atoms with E-state index in [4.69, 9.17) is 20.6 Å². The van der Waals surface area contributed by atoms with Gasteiger partial charge < -0.3 is 30.6 Å². The lowest BCUT2D eigenvalue weighted by atomic mass is 10.1. The van der Waals surface area contributed by atoms with Gasteiger partial charge in [-0.3, -0.25) is 15.0 Å². The van der Waals surface area contributed by atoms with Gasteiger partial charge >= 0.3 is 24.2 Å². The van der Waals surface area contributed by atoms with Crippen molar-refractivity contribution >= 4 is 29.8 Å². The highest BCUT2D eigenvalue weighted by Crippen LogP contribution is 2.17. The van der Waals surface area contributed by atoms with Crippen LogP contribution in [0.15, 0.2) is 54.6 Å². The summed E-state index contributed by atoms with van der Waals surface area (Å²) in [6.07, 6.45) is -7.28. The van der Waals surface area contributed by atoms with Crippen molar-refractivity contribution in [2.45, 2.75) is 38.1 Å². The number of alkyl carbamates (subject to hydrolysis) is 1. The Bertz CT molecular complexity index is 1160. The van der Waals surface area contributed by atoms with E-state index in [-0.39, 0.29) is 25.6 Å². The minimum absolute atomic E-state index is 0.0828. The van der Waals surface area contributed by atoms with Crippen molar-refractivity contribution in [3.8, 4) is 5.75 Å². The molecule has 210 valence electrons. The second-order valence-corrected chi connectivity index (χ2v) is 7.99. The number of nitrogens with one attached hydrogen (secondary N) is 3. The highest BCUT2D eigenvalue weighted by molar-refractivity contribution is 5.95. The molecule has 39 heavy (non-hydrogen) atoms. The highest BCUT2D eigenvalue weighted by Gasteiger charge is 2.42. The Morgan fingerprint density at radius 2 is 1.74 bits per heavy atom. The summed E-state index contributed by atoms with van der Waals surface area (Å²) >= 11 is 0. The van der Waals surface area contributed by atoms with Crippen molar-refractivity contribution in [2.75, 3.05) is 13.2 Å². The van der Waals surface area contributed by atoms with Crippen LogP contribution in [-0.4, -0.2) is 55.1 Å². The predicted molar refractivity (Wildman–Crippen MR) is 131 cm³/mol. The molecule has 0 spiro atoms. The Morgan fingerprint density at radius 3 is 2.41 bits per heavy atom. The normalized spacial score (nSPS) is 11.6. The molecule has 0 bridgehead atoms. The topological polar surface area (TPSA) is 170 Å². The standard InChI is InChI=1S/C25H27F3N4O7/c26-25(27,28)23(35)39-20(33)11-10-19(32-24(36)38-15-16-6-2-1-3-7-16)22(34)31-12-5-13-37-18-9-4-8-17(14-18)21(29)30/h1-4,6-9,14,19H,5,10-13,15H2,(H3,29,30)(H,31,34)(H,32,36)/t19-/m0/s1. The van der Waals surface area contributed by atoms with Crippen molar-refractivity contribution in [3.63, 3.8) is 0 Å². The van der Waals surface area contributed by atoms with Gasteiger partial charge in [0.1, 0.15) is 24.2 Å². The number of rotatable bonds is 13. The van der Waals surface area contributed by atoms with Crippen LogP contribution in [0.2, 0.25) is 0 Å². The highest BCUT2D eigenvalue weighted by atomic mass is 19.4. The third-order valence-corrected chi connectivity index (χ3v) is 4.93. The Hall–Kier alpha value is -4.62. The van der Waals surface area contributed by atoms with E-state index in [1.54, 1.807) is 54.6 Å². The third kappa shape index (κ3) is 11.5. The Kier molecular flexibility index (Phi) is 11.7. The molecule has 0 aromatic heterocycles. The minimum atomic E-state index is -5.36. The molecule has 0 saturated heterocycles. The van der Waals surface area contributed by atoms with Gasteiger partial charge in [0.15, 0.2) is 0 Å². The average molecular weight is 553 g/mol. The molecule has 0 aliphatic rings. The second kappa shape index (κ2) is 15.0. The number of nitrogens with two attached hydrogens (primary N) is 1. The number of ether oxygens (including phenoxy) is 3. The first kappa shape index (κ1) is 30.6. The summed E-state index contributed by atoms with van der Waals surface area (Å²) < 4.78 is 51.2. The van der Waals surface area contributed by atoms with Gasteiger partial charge in [-0.2, -0.15) is 13.2 Å². The maximum absolute atomic E-state index is 12.6. The molecule has 0 aliphatic heterocycles. The van der Waals surface area contributed by atoms with Crippen LogP contribution < -0.4 is 21.1 Å². The van der Waals surface area contributed by atoms with E-state index >= 15 is 0 Å². The maximum Gasteiger partial charge on any atom is 0.491 e. The summed E-state index contributed by atoms with van der Waals surface area (Å²) in [5, 5.41) is 12.2. The van der Waals surface area contributed by atoms with Gasteiger partial charge in [0.25, 0.3) is 0 Å². The third-order valence-electron chi connectivity index (χ3n) is 4.93. The molecule has 0 saturated carbocycles. The summed E-state index contributed by atoms with van der Waals surface area (Å²) in [7, 11) is 0. The van der Waals surface area contributed by atoms with Crippen molar-refractivity contribution in [2.24, 2.45) is 5.73 Å². The number of hydrogen-bond donors (Lipinski definition) is 4. The van der Waals surface area contributed by atoms with Crippen molar-refractivity contribution in [1.29, 1.82) is 5.41 Å². The van der Waals surface area contributed by atoms with Crippen molar-refractivity contribution in [1.82, 2.24) is 10.6 Å². The summed E-state index contributed by atoms with van der Waals surface area (Å²) in [6.45, 7) is 0.134. The number of esters is 2. The smallest absolute Gasteiger partial charge is 0.491 e. The minimum Gasteiger partial charge on any atom is -0.494 e. The van der Waals surface area contributed by atoms with E-state index in [0.29, 0.717) is 23.3 Å². The zero-order chi connectivity index (χ0) is 28.8. The lowest BCUT2D eigenvalue weighted by Crippen LogP contribution is -2.47. The molecule has 14 heteroatoms. The number of carbonyl (C=O) groups excluding carboxylic acids is 4. The first-order chi connectivity index (χ1) is 18.5. The molecule has 2 rings (SSSR count). The lowest BCUT2D eigenvalue weighted by molar-refractivity contribution is -0.201. The Morgan fingerprint density at radius 1 is 1.03 bits per heavy atom. The fourth-order valence-electron chi connectivity index (χ4n) is 3.00. The number of halogens is 3. The van der Waals surface area contributed by atoms with E-state index < -0.39 is 49.0 Å². The quantitative estimate of drug-likeness (QED) is 0.0966. The second-order valence-electron chi connectivity index (χ2n) is 7.99. The van der Waals surface area contributed by atoms with Gasteiger partial charge in [-0.05, 0) is 30.5 Å². The molecule has 11 nitrogen and oxygen atoms in total. The van der Waals surface area contributed by atoms with E-state index in [1.807, 2.05) is 0 Å². The van der Waals surface area contributed by atoms with Crippen LogP contribution in [-0.2, 0) is 30.5 Å². The number of amides is 2. The summed E-state index contributed by atoms with van der Waals surface area (Å²) in [4.78, 5) is 47.4.